The summed E-state index contributed by atoms with van der Waals surface area (Å²) < 4.78 is 6.93. The number of para-hydroxylation sites is 2. The lowest BCUT2D eigenvalue weighted by Gasteiger charge is -2.37. The number of hydrogen-bond acceptors (Lipinski definition) is 5. The van der Waals surface area contributed by atoms with Crippen molar-refractivity contribution >= 4 is 29.1 Å². The summed E-state index contributed by atoms with van der Waals surface area (Å²) in [6.07, 6.45) is 4.90. The summed E-state index contributed by atoms with van der Waals surface area (Å²) in [7, 11) is 0. The van der Waals surface area contributed by atoms with E-state index in [1.54, 1.807) is 22.0 Å². The second-order valence-electron chi connectivity index (χ2n) is 11.6. The van der Waals surface area contributed by atoms with E-state index in [2.05, 4.69) is 13.2 Å². The van der Waals surface area contributed by atoms with Gasteiger partial charge in [0.1, 0.15) is 11.6 Å². The van der Waals surface area contributed by atoms with Crippen molar-refractivity contribution in [3.05, 3.63) is 85.0 Å². The van der Waals surface area contributed by atoms with Crippen LogP contribution in [0.15, 0.2) is 73.8 Å². The van der Waals surface area contributed by atoms with Crippen LogP contribution in [-0.2, 0) is 19.1 Å². The molecular formula is C34H41N3O5. The fourth-order valence-corrected chi connectivity index (χ4v) is 7.75. The second kappa shape index (κ2) is 11.5. The molecule has 2 unspecified atom stereocenters. The first-order chi connectivity index (χ1) is 20.2. The maximum absolute atomic E-state index is 14.7. The van der Waals surface area contributed by atoms with Gasteiger partial charge in [0.15, 0.2) is 0 Å². The van der Waals surface area contributed by atoms with E-state index in [1.165, 1.54) is 4.90 Å². The Balaban J connectivity index is 1.63. The van der Waals surface area contributed by atoms with Crippen LogP contribution in [0, 0.1) is 25.7 Å². The minimum Gasteiger partial charge on any atom is -0.395 e. The third kappa shape index (κ3) is 4.39. The highest BCUT2D eigenvalue weighted by Crippen LogP contribution is 2.64. The lowest BCUT2D eigenvalue weighted by Crippen LogP contribution is -2.57. The van der Waals surface area contributed by atoms with Crippen LogP contribution in [0.5, 0.6) is 0 Å². The van der Waals surface area contributed by atoms with Gasteiger partial charge in [0.25, 0.3) is 5.91 Å². The molecule has 3 aliphatic heterocycles. The summed E-state index contributed by atoms with van der Waals surface area (Å²) >= 11 is 0. The van der Waals surface area contributed by atoms with Crippen molar-refractivity contribution < 1.29 is 24.2 Å². The zero-order chi connectivity index (χ0) is 30.2. The van der Waals surface area contributed by atoms with E-state index in [-0.39, 0.29) is 44.0 Å². The summed E-state index contributed by atoms with van der Waals surface area (Å²) in [5.41, 5.74) is 1.27. The minimum absolute atomic E-state index is 0.0272. The zero-order valence-electron chi connectivity index (χ0n) is 24.8. The molecule has 1 spiro atoms. The summed E-state index contributed by atoms with van der Waals surface area (Å²) in [4.78, 5) is 48.4. The second-order valence-corrected chi connectivity index (χ2v) is 11.6. The van der Waals surface area contributed by atoms with E-state index in [0.29, 0.717) is 24.9 Å². The molecule has 2 bridgehead atoms. The van der Waals surface area contributed by atoms with Crippen molar-refractivity contribution in [2.45, 2.75) is 57.3 Å². The van der Waals surface area contributed by atoms with Crippen LogP contribution in [0.25, 0.3) is 0 Å². The van der Waals surface area contributed by atoms with E-state index in [9.17, 15) is 19.5 Å². The number of nitrogens with zero attached hydrogens (tertiary/aromatic N) is 3. The monoisotopic (exact) mass is 571 g/mol. The van der Waals surface area contributed by atoms with Gasteiger partial charge in [-0.2, -0.15) is 0 Å². The number of carbonyl (C=O) groups is 3. The molecule has 1 N–H and O–H groups in total. The summed E-state index contributed by atoms with van der Waals surface area (Å²) in [5.74, 6) is -2.45. The van der Waals surface area contributed by atoms with Gasteiger partial charge in [-0.05, 0) is 56.4 Å². The molecule has 8 heteroatoms. The molecule has 5 atom stereocenters. The molecule has 3 fully saturated rings. The Morgan fingerprint density at radius 3 is 2.24 bits per heavy atom. The van der Waals surface area contributed by atoms with Gasteiger partial charge in [0.2, 0.25) is 11.8 Å². The number of aryl methyl sites for hydroxylation is 2. The van der Waals surface area contributed by atoms with Crippen molar-refractivity contribution in [3.8, 4) is 0 Å². The molecule has 0 aromatic heterocycles. The average Bonchev–Trinajstić information content (AvgIpc) is 3.59. The number of likely N-dealkylation sites (tertiary alicyclic amines) is 1. The van der Waals surface area contributed by atoms with Crippen molar-refractivity contribution in [1.82, 2.24) is 4.90 Å². The normalized spacial score (nSPS) is 27.6. The van der Waals surface area contributed by atoms with Gasteiger partial charge in [0, 0.05) is 31.0 Å². The number of rotatable bonds is 11. The number of hydrogen-bond donors (Lipinski definition) is 1. The van der Waals surface area contributed by atoms with Crippen LogP contribution in [0.3, 0.4) is 0 Å². The lowest BCUT2D eigenvalue weighted by molar-refractivity contribution is -0.146. The quantitative estimate of drug-likeness (QED) is 0.409. The molecule has 0 aliphatic carbocycles. The number of carbonyl (C=O) groups excluding carboxylic acids is 3. The first-order valence-corrected chi connectivity index (χ1v) is 14.8. The maximum atomic E-state index is 14.7. The molecular weight excluding hydrogens is 530 g/mol. The minimum atomic E-state index is -1.19. The highest BCUT2D eigenvalue weighted by molar-refractivity contribution is 6.07. The molecule has 2 aromatic rings. The number of fused-ring (bicyclic) bond motifs is 1. The number of ether oxygens (including phenoxy) is 1. The maximum Gasteiger partial charge on any atom is 0.253 e. The Hall–Kier alpha value is -3.75. The first kappa shape index (κ1) is 29.7. The van der Waals surface area contributed by atoms with Crippen LogP contribution in [0.2, 0.25) is 0 Å². The molecule has 3 amide bonds. The highest BCUT2D eigenvalue weighted by Gasteiger charge is 2.79. The standard InChI is InChI=1S/C34H41N3O5/c1-6-19-35(25-15-10-9-11-16-25)30(39)26-27-31(40)37(21-22-38)29(34(27)18-17-33(26,8-3)42-34)32(41)36(20-7-2)28-23(4)13-12-14-24(28)5/h6-7,9-16,26-27,29,38H,1-2,8,17-22H2,3-5H3/t26-,27-,29?,33+,34?/m0/s1. The molecule has 3 saturated heterocycles. The fraction of sp³-hybridized carbons (Fsp3) is 0.441. The third-order valence-corrected chi connectivity index (χ3v) is 9.45. The Morgan fingerprint density at radius 2 is 1.64 bits per heavy atom. The van der Waals surface area contributed by atoms with Gasteiger partial charge in [0.05, 0.1) is 24.0 Å². The summed E-state index contributed by atoms with van der Waals surface area (Å²) in [5, 5.41) is 10.0. The molecule has 0 radical (unpaired) electrons. The predicted octanol–water partition coefficient (Wildman–Crippen LogP) is 4.19. The van der Waals surface area contributed by atoms with Gasteiger partial charge >= 0.3 is 0 Å². The van der Waals surface area contributed by atoms with Crippen LogP contribution in [-0.4, -0.2) is 71.2 Å². The third-order valence-electron chi connectivity index (χ3n) is 9.45. The average molecular weight is 572 g/mol. The van der Waals surface area contributed by atoms with Crippen LogP contribution >= 0.6 is 0 Å². The zero-order valence-corrected chi connectivity index (χ0v) is 24.8. The number of aliphatic hydroxyl groups is 1. The number of β-amino-alcohol motifs (C(OH)–C–C–N with tert-alkyl or cyclic N) is 1. The van der Waals surface area contributed by atoms with E-state index >= 15 is 0 Å². The molecule has 2 aromatic carbocycles. The molecule has 42 heavy (non-hydrogen) atoms. The Kier molecular flexibility index (Phi) is 8.14. The smallest absolute Gasteiger partial charge is 0.253 e. The lowest BCUT2D eigenvalue weighted by atomic mass is 9.64. The van der Waals surface area contributed by atoms with Crippen molar-refractivity contribution in [1.29, 1.82) is 0 Å². The predicted molar refractivity (Wildman–Crippen MR) is 163 cm³/mol. The van der Waals surface area contributed by atoms with E-state index in [4.69, 9.17) is 4.74 Å². The SMILES string of the molecule is C=CCN(C(=O)[C@@H]1[C@H]2C(=O)N(CCO)C(C(=O)N(CC=C)c3c(C)cccc3C)C23CC[C@@]1(CC)O3)c1ccccc1. The van der Waals surface area contributed by atoms with E-state index < -0.39 is 29.1 Å². The van der Waals surface area contributed by atoms with Gasteiger partial charge in [-0.25, -0.2) is 0 Å². The molecule has 222 valence electrons. The topological polar surface area (TPSA) is 90.4 Å². The largest absolute Gasteiger partial charge is 0.395 e. The summed E-state index contributed by atoms with van der Waals surface area (Å²) in [6, 6.07) is 14.2. The molecule has 0 saturated carbocycles. The number of amides is 3. The van der Waals surface area contributed by atoms with Crippen molar-refractivity contribution in [2.75, 3.05) is 36.0 Å². The number of anilines is 2. The molecule has 5 rings (SSSR count). The molecule has 8 nitrogen and oxygen atoms in total. The van der Waals surface area contributed by atoms with Gasteiger partial charge in [-0.3, -0.25) is 14.4 Å². The highest BCUT2D eigenvalue weighted by atomic mass is 16.5. The molecule has 3 heterocycles. The first-order valence-electron chi connectivity index (χ1n) is 14.8. The van der Waals surface area contributed by atoms with Crippen LogP contribution in [0.4, 0.5) is 11.4 Å². The number of aliphatic hydroxyl groups excluding tert-OH is 1. The Morgan fingerprint density at radius 1 is 1.00 bits per heavy atom. The van der Waals surface area contributed by atoms with Crippen molar-refractivity contribution in [2.24, 2.45) is 11.8 Å². The van der Waals surface area contributed by atoms with Gasteiger partial charge in [-0.15, -0.1) is 13.2 Å². The summed E-state index contributed by atoms with van der Waals surface area (Å²) in [6.45, 7) is 13.8. The van der Waals surface area contributed by atoms with Crippen LogP contribution in [0.1, 0.15) is 37.3 Å². The molecule has 3 aliphatic rings. The van der Waals surface area contributed by atoms with Gasteiger partial charge < -0.3 is 24.5 Å². The Bertz CT molecular complexity index is 1370. The van der Waals surface area contributed by atoms with Gasteiger partial charge in [-0.1, -0.05) is 55.5 Å². The Labute approximate surface area is 248 Å². The van der Waals surface area contributed by atoms with Crippen LogP contribution < -0.4 is 9.80 Å². The van der Waals surface area contributed by atoms with E-state index in [1.807, 2.05) is 69.3 Å². The number of benzene rings is 2. The van der Waals surface area contributed by atoms with Crippen molar-refractivity contribution in [3.63, 3.8) is 0 Å². The fourth-order valence-electron chi connectivity index (χ4n) is 7.75. The van der Waals surface area contributed by atoms with E-state index in [0.717, 1.165) is 16.8 Å².